The lowest BCUT2D eigenvalue weighted by atomic mass is 9.84. The first-order valence-corrected chi connectivity index (χ1v) is 7.72. The van der Waals surface area contributed by atoms with E-state index in [9.17, 15) is 4.79 Å². The Morgan fingerprint density at radius 2 is 2.26 bits per heavy atom. The number of methoxy groups -OCH3 is 1. The average Bonchev–Trinajstić information content (AvgIpc) is 3.21. The number of esters is 1. The molecule has 0 amide bonds. The summed E-state index contributed by atoms with van der Waals surface area (Å²) in [6, 6.07) is 9.22. The van der Waals surface area contributed by atoms with Gasteiger partial charge in [0.2, 0.25) is 5.54 Å². The van der Waals surface area contributed by atoms with E-state index in [1.165, 1.54) is 7.11 Å². The number of ether oxygens (including phenoxy) is 1. The fourth-order valence-corrected chi connectivity index (χ4v) is 3.57. The number of carbonyl (C=O) groups is 1. The maximum atomic E-state index is 12.7. The van der Waals surface area contributed by atoms with Crippen molar-refractivity contribution in [1.29, 1.82) is 0 Å². The highest BCUT2D eigenvalue weighted by molar-refractivity contribution is 6.31. The number of hydrogen-bond donors (Lipinski definition) is 2. The van der Waals surface area contributed by atoms with Crippen molar-refractivity contribution in [1.82, 2.24) is 10.3 Å². The molecule has 118 valence electrons. The van der Waals surface area contributed by atoms with Crippen LogP contribution in [0.4, 0.5) is 0 Å². The summed E-state index contributed by atoms with van der Waals surface area (Å²) >= 11 is 6.10. The predicted molar refractivity (Wildman–Crippen MR) is 86.5 cm³/mol. The summed E-state index contributed by atoms with van der Waals surface area (Å²) < 4.78 is 10.7. The molecular weight excluding hydrogens is 316 g/mol. The SMILES string of the molecule is COC(=O)C1(c2ccco2)NCCc2c1[nH]c1cc(Cl)ccc21. The molecule has 3 aromatic rings. The Labute approximate surface area is 137 Å². The standard InChI is InChI=1S/C17H15ClN2O3/c1-22-16(21)17(14-3-2-8-23-14)15-12(6-7-19-17)11-5-4-10(18)9-13(11)20-15/h2-5,8-9,19-20H,6-7H2,1H3. The van der Waals surface area contributed by atoms with Gasteiger partial charge in [0.25, 0.3) is 0 Å². The van der Waals surface area contributed by atoms with Crippen molar-refractivity contribution in [3.8, 4) is 0 Å². The molecule has 4 rings (SSSR count). The number of fused-ring (bicyclic) bond motifs is 3. The fourth-order valence-electron chi connectivity index (χ4n) is 3.40. The van der Waals surface area contributed by atoms with Gasteiger partial charge in [-0.2, -0.15) is 0 Å². The Bertz CT molecular complexity index is 885. The minimum Gasteiger partial charge on any atom is -0.467 e. The lowest BCUT2D eigenvalue weighted by molar-refractivity contribution is -0.148. The van der Waals surface area contributed by atoms with E-state index in [1.807, 2.05) is 18.2 Å². The molecule has 1 atom stereocenters. The average molecular weight is 331 g/mol. The number of nitrogens with one attached hydrogen (secondary N) is 2. The molecule has 3 heterocycles. The van der Waals surface area contributed by atoms with Crippen LogP contribution in [0.1, 0.15) is 17.0 Å². The van der Waals surface area contributed by atoms with E-state index in [2.05, 4.69) is 10.3 Å². The third kappa shape index (κ3) is 1.93. The van der Waals surface area contributed by atoms with Gasteiger partial charge in [0.15, 0.2) is 0 Å². The zero-order valence-corrected chi connectivity index (χ0v) is 13.2. The number of aromatic nitrogens is 1. The molecule has 1 aliphatic rings. The molecule has 0 radical (unpaired) electrons. The largest absolute Gasteiger partial charge is 0.467 e. The predicted octanol–water partition coefficient (Wildman–Crippen LogP) is 2.98. The number of H-pyrrole nitrogens is 1. The lowest BCUT2D eigenvalue weighted by Gasteiger charge is -2.34. The van der Waals surface area contributed by atoms with Gasteiger partial charge >= 0.3 is 5.97 Å². The Morgan fingerprint density at radius 1 is 1.39 bits per heavy atom. The van der Waals surface area contributed by atoms with Crippen molar-refractivity contribution >= 4 is 28.5 Å². The van der Waals surface area contributed by atoms with Gasteiger partial charge in [0, 0.05) is 22.5 Å². The van der Waals surface area contributed by atoms with Crippen LogP contribution in [-0.4, -0.2) is 24.6 Å². The van der Waals surface area contributed by atoms with Gasteiger partial charge in [-0.25, -0.2) is 4.79 Å². The zero-order chi connectivity index (χ0) is 16.0. The molecule has 0 fully saturated rings. The molecular formula is C17H15ClN2O3. The summed E-state index contributed by atoms with van der Waals surface area (Å²) in [5.41, 5.74) is 1.56. The van der Waals surface area contributed by atoms with Crippen LogP contribution in [-0.2, 0) is 21.5 Å². The summed E-state index contributed by atoms with van der Waals surface area (Å²) in [5, 5.41) is 4.99. The molecule has 23 heavy (non-hydrogen) atoms. The normalized spacial score (nSPS) is 20.4. The molecule has 1 aromatic carbocycles. The zero-order valence-electron chi connectivity index (χ0n) is 12.5. The molecule has 2 aromatic heterocycles. The number of aromatic amines is 1. The quantitative estimate of drug-likeness (QED) is 0.709. The second kappa shape index (κ2) is 5.15. The Morgan fingerprint density at radius 3 is 3.00 bits per heavy atom. The summed E-state index contributed by atoms with van der Waals surface area (Å²) in [4.78, 5) is 16.0. The molecule has 2 N–H and O–H groups in total. The molecule has 0 saturated heterocycles. The number of furan rings is 1. The number of hydrogen-bond acceptors (Lipinski definition) is 4. The van der Waals surface area contributed by atoms with E-state index in [-0.39, 0.29) is 0 Å². The molecule has 1 unspecified atom stereocenters. The third-order valence-corrected chi connectivity index (χ3v) is 4.63. The van der Waals surface area contributed by atoms with Crippen LogP contribution in [0.5, 0.6) is 0 Å². The van der Waals surface area contributed by atoms with E-state index in [0.29, 0.717) is 17.3 Å². The molecule has 0 saturated carbocycles. The van der Waals surface area contributed by atoms with Crippen LogP contribution in [0.3, 0.4) is 0 Å². The molecule has 5 nitrogen and oxygen atoms in total. The first-order valence-electron chi connectivity index (χ1n) is 7.35. The Hall–Kier alpha value is -2.24. The van der Waals surface area contributed by atoms with E-state index >= 15 is 0 Å². The van der Waals surface area contributed by atoms with Crippen molar-refractivity contribution in [2.75, 3.05) is 13.7 Å². The fraction of sp³-hybridized carbons (Fsp3) is 0.235. The molecule has 0 spiro atoms. The molecule has 6 heteroatoms. The van der Waals surface area contributed by atoms with Crippen molar-refractivity contribution in [3.05, 3.63) is 58.6 Å². The van der Waals surface area contributed by atoms with Crippen molar-refractivity contribution < 1.29 is 13.9 Å². The van der Waals surface area contributed by atoms with Crippen molar-refractivity contribution in [2.45, 2.75) is 12.0 Å². The van der Waals surface area contributed by atoms with Gasteiger partial charge in [-0.15, -0.1) is 0 Å². The van der Waals surface area contributed by atoms with E-state index in [0.717, 1.165) is 28.6 Å². The van der Waals surface area contributed by atoms with Crippen LogP contribution in [0.15, 0.2) is 41.0 Å². The van der Waals surface area contributed by atoms with Gasteiger partial charge in [0.05, 0.1) is 19.1 Å². The van der Waals surface area contributed by atoms with Crippen LogP contribution in [0.25, 0.3) is 10.9 Å². The van der Waals surface area contributed by atoms with E-state index < -0.39 is 11.5 Å². The third-order valence-electron chi connectivity index (χ3n) is 4.39. The van der Waals surface area contributed by atoms with Gasteiger partial charge in [-0.3, -0.25) is 5.32 Å². The lowest BCUT2D eigenvalue weighted by Crippen LogP contribution is -2.54. The van der Waals surface area contributed by atoms with Crippen LogP contribution in [0, 0.1) is 0 Å². The van der Waals surface area contributed by atoms with Gasteiger partial charge < -0.3 is 14.1 Å². The summed E-state index contributed by atoms with van der Waals surface area (Å²) in [5.74, 6) is 0.0917. The summed E-state index contributed by atoms with van der Waals surface area (Å²) in [6.45, 7) is 0.637. The van der Waals surface area contributed by atoms with Gasteiger partial charge in [0.1, 0.15) is 5.76 Å². The van der Waals surface area contributed by atoms with E-state index in [1.54, 1.807) is 18.4 Å². The second-order valence-corrected chi connectivity index (χ2v) is 6.00. The smallest absolute Gasteiger partial charge is 0.340 e. The molecule has 1 aliphatic heterocycles. The first kappa shape index (κ1) is 14.4. The Balaban J connectivity index is 2.04. The van der Waals surface area contributed by atoms with Crippen LogP contribution >= 0.6 is 11.6 Å². The monoisotopic (exact) mass is 330 g/mol. The van der Waals surface area contributed by atoms with E-state index in [4.69, 9.17) is 20.8 Å². The minimum atomic E-state index is -1.17. The Kier molecular flexibility index (Phi) is 3.21. The van der Waals surface area contributed by atoms with Crippen LogP contribution < -0.4 is 5.32 Å². The van der Waals surface area contributed by atoms with Crippen molar-refractivity contribution in [2.24, 2.45) is 0 Å². The highest BCUT2D eigenvalue weighted by Gasteiger charge is 2.50. The highest BCUT2D eigenvalue weighted by Crippen LogP contribution is 2.39. The molecule has 0 bridgehead atoms. The highest BCUT2D eigenvalue weighted by atomic mass is 35.5. The van der Waals surface area contributed by atoms with Crippen LogP contribution in [0.2, 0.25) is 5.02 Å². The van der Waals surface area contributed by atoms with Gasteiger partial charge in [-0.1, -0.05) is 17.7 Å². The maximum absolute atomic E-state index is 12.7. The summed E-state index contributed by atoms with van der Waals surface area (Å²) in [6.07, 6.45) is 2.35. The molecule has 0 aliphatic carbocycles. The first-order chi connectivity index (χ1) is 11.2. The van der Waals surface area contributed by atoms with Gasteiger partial charge in [-0.05, 0) is 36.2 Å². The number of carbonyl (C=O) groups excluding carboxylic acids is 1. The maximum Gasteiger partial charge on any atom is 0.340 e. The summed E-state index contributed by atoms with van der Waals surface area (Å²) in [7, 11) is 1.38. The second-order valence-electron chi connectivity index (χ2n) is 5.56. The number of rotatable bonds is 2. The number of halogens is 1. The topological polar surface area (TPSA) is 67.3 Å². The number of benzene rings is 1. The van der Waals surface area contributed by atoms with Crippen molar-refractivity contribution in [3.63, 3.8) is 0 Å². The minimum absolute atomic E-state index is 0.411.